The number of nitrogens with one attached hydrogen (secondary N) is 1. The number of aryl methyl sites for hydroxylation is 2. The van der Waals surface area contributed by atoms with Gasteiger partial charge in [-0.15, -0.1) is 11.3 Å². The van der Waals surface area contributed by atoms with Crippen LogP contribution in [-0.2, 0) is 13.1 Å². The van der Waals surface area contributed by atoms with E-state index in [0.29, 0.717) is 29.3 Å². The van der Waals surface area contributed by atoms with Crippen molar-refractivity contribution in [1.29, 1.82) is 0 Å². The van der Waals surface area contributed by atoms with Crippen LogP contribution in [0.15, 0.2) is 40.6 Å². The van der Waals surface area contributed by atoms with E-state index in [4.69, 9.17) is 0 Å². The van der Waals surface area contributed by atoms with E-state index in [1.54, 1.807) is 11.8 Å². The van der Waals surface area contributed by atoms with Crippen molar-refractivity contribution in [3.8, 4) is 11.3 Å². The van der Waals surface area contributed by atoms with Crippen LogP contribution in [0.4, 0.5) is 0 Å². The zero-order valence-electron chi connectivity index (χ0n) is 15.4. The minimum atomic E-state index is -0.169. The summed E-state index contributed by atoms with van der Waals surface area (Å²) in [7, 11) is 0. The van der Waals surface area contributed by atoms with E-state index < -0.39 is 0 Å². The number of amides is 1. The summed E-state index contributed by atoms with van der Waals surface area (Å²) >= 11 is 1.43. The van der Waals surface area contributed by atoms with Gasteiger partial charge in [0.05, 0.1) is 30.0 Å². The van der Waals surface area contributed by atoms with Crippen LogP contribution >= 0.6 is 11.3 Å². The van der Waals surface area contributed by atoms with E-state index in [2.05, 4.69) is 15.0 Å². The zero-order valence-corrected chi connectivity index (χ0v) is 16.2. The molecule has 0 aliphatic carbocycles. The molecule has 3 aromatic heterocycles. The molecule has 28 heavy (non-hydrogen) atoms. The predicted molar refractivity (Wildman–Crippen MR) is 106 cm³/mol. The summed E-state index contributed by atoms with van der Waals surface area (Å²) in [5.41, 5.74) is 4.65. The molecule has 4 aromatic rings. The molecular formula is C20H17N5O2S. The molecule has 140 valence electrons. The molecule has 0 saturated heterocycles. The highest BCUT2D eigenvalue weighted by atomic mass is 32.1. The lowest BCUT2D eigenvalue weighted by atomic mass is 10.1. The third-order valence-corrected chi connectivity index (χ3v) is 5.89. The Labute approximate surface area is 164 Å². The lowest BCUT2D eigenvalue weighted by Gasteiger charge is -2.14. The normalized spacial score (nSPS) is 13.3. The molecule has 0 unspecified atom stereocenters. The van der Waals surface area contributed by atoms with Crippen molar-refractivity contribution in [2.45, 2.75) is 26.9 Å². The highest BCUT2D eigenvalue weighted by Crippen LogP contribution is 2.28. The lowest BCUT2D eigenvalue weighted by Crippen LogP contribution is -2.27. The largest absolute Gasteiger partial charge is 0.327 e. The first-order valence-electron chi connectivity index (χ1n) is 8.92. The van der Waals surface area contributed by atoms with Crippen LogP contribution in [0.2, 0.25) is 0 Å². The average Bonchev–Trinajstić information content (AvgIpc) is 3.35. The third-order valence-electron chi connectivity index (χ3n) is 5.05. The number of nitrogens with zero attached hydrogens (tertiary/aromatic N) is 4. The van der Waals surface area contributed by atoms with E-state index >= 15 is 0 Å². The molecule has 4 heterocycles. The summed E-state index contributed by atoms with van der Waals surface area (Å²) in [5, 5.41) is 1.82. The van der Waals surface area contributed by atoms with E-state index in [1.807, 2.05) is 47.2 Å². The molecule has 1 aliphatic heterocycles. The van der Waals surface area contributed by atoms with E-state index in [1.165, 1.54) is 11.3 Å². The molecule has 0 bridgehead atoms. The fourth-order valence-corrected chi connectivity index (χ4v) is 4.47. The summed E-state index contributed by atoms with van der Waals surface area (Å²) in [4.78, 5) is 39.5. The molecule has 7 nitrogen and oxygen atoms in total. The molecule has 0 spiro atoms. The van der Waals surface area contributed by atoms with Gasteiger partial charge in [0.15, 0.2) is 4.96 Å². The number of fused-ring (bicyclic) bond motifs is 2. The first kappa shape index (κ1) is 16.9. The molecule has 5 rings (SSSR count). The minimum Gasteiger partial charge on any atom is -0.327 e. The Bertz CT molecular complexity index is 1300. The van der Waals surface area contributed by atoms with Crippen molar-refractivity contribution in [1.82, 2.24) is 24.3 Å². The number of imidazole rings is 1. The second-order valence-electron chi connectivity index (χ2n) is 6.95. The molecule has 0 saturated carbocycles. The van der Waals surface area contributed by atoms with Crippen molar-refractivity contribution in [2.75, 3.05) is 0 Å². The maximum absolute atomic E-state index is 13.1. The molecule has 8 heteroatoms. The first-order chi connectivity index (χ1) is 13.5. The van der Waals surface area contributed by atoms with Gasteiger partial charge in [-0.1, -0.05) is 24.3 Å². The summed E-state index contributed by atoms with van der Waals surface area (Å²) in [6, 6.07) is 8.05. The van der Waals surface area contributed by atoms with Crippen molar-refractivity contribution < 1.29 is 4.79 Å². The first-order valence-corrected chi connectivity index (χ1v) is 9.80. The molecule has 0 radical (unpaired) electrons. The van der Waals surface area contributed by atoms with Gasteiger partial charge in [0.25, 0.3) is 11.5 Å². The predicted octanol–water partition coefficient (Wildman–Crippen LogP) is 2.92. The number of carbonyl (C=O) groups is 1. The Hall–Kier alpha value is -3.26. The van der Waals surface area contributed by atoms with E-state index in [0.717, 1.165) is 21.8 Å². The molecular weight excluding hydrogens is 374 g/mol. The zero-order chi connectivity index (χ0) is 19.4. The summed E-state index contributed by atoms with van der Waals surface area (Å²) < 4.78 is 1.83. The Kier molecular flexibility index (Phi) is 3.70. The molecule has 1 aliphatic rings. The average molecular weight is 391 g/mol. The van der Waals surface area contributed by atoms with Crippen LogP contribution in [0.1, 0.15) is 33.1 Å². The van der Waals surface area contributed by atoms with Gasteiger partial charge in [-0.25, -0.2) is 9.97 Å². The highest BCUT2D eigenvalue weighted by Gasteiger charge is 2.29. The number of carbonyl (C=O) groups excluding carboxylic acids is 1. The summed E-state index contributed by atoms with van der Waals surface area (Å²) in [6.07, 6.45) is 1.90. The third kappa shape index (κ3) is 2.56. The van der Waals surface area contributed by atoms with E-state index in [9.17, 15) is 9.59 Å². The number of rotatable bonds is 2. The minimum absolute atomic E-state index is 0.130. The van der Waals surface area contributed by atoms with Crippen molar-refractivity contribution in [3.05, 3.63) is 74.5 Å². The van der Waals surface area contributed by atoms with Crippen molar-refractivity contribution in [3.63, 3.8) is 0 Å². The second-order valence-corrected chi connectivity index (χ2v) is 7.79. The van der Waals surface area contributed by atoms with Crippen molar-refractivity contribution in [2.24, 2.45) is 0 Å². The molecule has 0 atom stereocenters. The van der Waals surface area contributed by atoms with Crippen LogP contribution < -0.4 is 5.56 Å². The summed E-state index contributed by atoms with van der Waals surface area (Å²) in [5.74, 6) is 0.434. The quantitative estimate of drug-likeness (QED) is 0.569. The van der Waals surface area contributed by atoms with Crippen molar-refractivity contribution >= 4 is 22.2 Å². The molecule has 1 N–H and O–H groups in total. The van der Waals surface area contributed by atoms with Gasteiger partial charge < -0.3 is 9.88 Å². The number of aromatic amines is 1. The molecule has 1 aromatic carbocycles. The van der Waals surface area contributed by atoms with Crippen LogP contribution in [0.25, 0.3) is 16.2 Å². The Morgan fingerprint density at radius 2 is 2.00 bits per heavy atom. The van der Waals surface area contributed by atoms with Gasteiger partial charge in [0.2, 0.25) is 0 Å². The number of benzene rings is 1. The standard InChI is InChI=1S/C20H17N5O2S/c1-11-5-3-4-6-13(11)16-9-25-17(10-28-20(25)23-16)19(27)24-7-14-15(8-24)21-12(2)22-18(14)26/h3-6,9-10H,7-8H2,1-2H3,(H,21,22,26). The highest BCUT2D eigenvalue weighted by molar-refractivity contribution is 7.15. The summed E-state index contributed by atoms with van der Waals surface area (Å²) in [6.45, 7) is 4.40. The number of thiazole rings is 1. The number of hydrogen-bond donors (Lipinski definition) is 1. The lowest BCUT2D eigenvalue weighted by molar-refractivity contribution is 0.0743. The van der Waals surface area contributed by atoms with Gasteiger partial charge in [0.1, 0.15) is 11.5 Å². The van der Waals surface area contributed by atoms with Gasteiger partial charge in [-0.3, -0.25) is 14.0 Å². The van der Waals surface area contributed by atoms with Gasteiger partial charge in [-0.2, -0.15) is 0 Å². The fraction of sp³-hybridized carbons (Fsp3) is 0.200. The van der Waals surface area contributed by atoms with Crippen LogP contribution in [0, 0.1) is 13.8 Å². The van der Waals surface area contributed by atoms with Crippen LogP contribution in [0.5, 0.6) is 0 Å². The van der Waals surface area contributed by atoms with Crippen LogP contribution in [0.3, 0.4) is 0 Å². The molecule has 0 fully saturated rings. The Morgan fingerprint density at radius 1 is 1.18 bits per heavy atom. The van der Waals surface area contributed by atoms with Gasteiger partial charge in [0, 0.05) is 17.1 Å². The number of hydrogen-bond acceptors (Lipinski definition) is 5. The molecule has 1 amide bonds. The maximum atomic E-state index is 13.1. The van der Waals surface area contributed by atoms with Crippen LogP contribution in [-0.4, -0.2) is 30.2 Å². The van der Waals surface area contributed by atoms with Gasteiger partial charge in [-0.05, 0) is 19.4 Å². The number of H-pyrrole nitrogens is 1. The maximum Gasteiger partial charge on any atom is 0.272 e. The van der Waals surface area contributed by atoms with E-state index in [-0.39, 0.29) is 18.0 Å². The monoisotopic (exact) mass is 391 g/mol. The fourth-order valence-electron chi connectivity index (χ4n) is 3.62. The Morgan fingerprint density at radius 3 is 2.82 bits per heavy atom. The second kappa shape index (κ2) is 6.13. The Balaban J connectivity index is 1.50. The topological polar surface area (TPSA) is 83.4 Å². The SMILES string of the molecule is Cc1nc2c(c(=O)[nH]1)CN(C(=O)c1csc3nc(-c4ccccc4C)cn13)C2. The van der Waals surface area contributed by atoms with Gasteiger partial charge >= 0.3 is 0 Å². The number of aromatic nitrogens is 4. The smallest absolute Gasteiger partial charge is 0.272 e.